The molecule has 0 unspecified atom stereocenters. The Morgan fingerprint density at radius 1 is 1.10 bits per heavy atom. The number of aryl methyl sites for hydroxylation is 1. The van der Waals surface area contributed by atoms with Gasteiger partial charge < -0.3 is 10.6 Å². The summed E-state index contributed by atoms with van der Waals surface area (Å²) in [6.45, 7) is 1.82. The summed E-state index contributed by atoms with van der Waals surface area (Å²) in [5.74, 6) is 0.0532. The zero-order chi connectivity index (χ0) is 15.6. The monoisotopic (exact) mass is 343 g/mol. The molecule has 0 fully saturated rings. The summed E-state index contributed by atoms with van der Waals surface area (Å²) in [7, 11) is 1.70. The van der Waals surface area contributed by atoms with Gasteiger partial charge in [-0.15, -0.1) is 0 Å². The lowest BCUT2D eigenvalue weighted by molar-refractivity contribution is 0.102. The van der Waals surface area contributed by atoms with Gasteiger partial charge in [0, 0.05) is 7.05 Å². The molecule has 0 spiro atoms. The van der Waals surface area contributed by atoms with E-state index >= 15 is 0 Å². The van der Waals surface area contributed by atoms with Crippen molar-refractivity contribution in [2.45, 2.75) is 6.92 Å². The van der Waals surface area contributed by atoms with E-state index in [9.17, 15) is 4.79 Å². The maximum Gasteiger partial charge on any atom is 0.275 e. The van der Waals surface area contributed by atoms with Crippen LogP contribution in [0.2, 0.25) is 15.1 Å². The van der Waals surface area contributed by atoms with E-state index in [0.717, 1.165) is 5.56 Å². The number of amides is 1. The molecule has 7 heteroatoms. The number of benzene rings is 1. The summed E-state index contributed by atoms with van der Waals surface area (Å²) < 4.78 is 0. The van der Waals surface area contributed by atoms with Gasteiger partial charge in [-0.05, 0) is 30.7 Å². The van der Waals surface area contributed by atoms with E-state index in [1.807, 2.05) is 6.92 Å². The second-order valence-electron chi connectivity index (χ2n) is 4.28. The Morgan fingerprint density at radius 3 is 2.43 bits per heavy atom. The van der Waals surface area contributed by atoms with Crippen LogP contribution in [-0.2, 0) is 0 Å². The van der Waals surface area contributed by atoms with Gasteiger partial charge in [0.15, 0.2) is 0 Å². The van der Waals surface area contributed by atoms with Gasteiger partial charge in [-0.1, -0.05) is 40.9 Å². The highest BCUT2D eigenvalue weighted by Gasteiger charge is 2.17. The Morgan fingerprint density at radius 2 is 1.76 bits per heavy atom. The van der Waals surface area contributed by atoms with Crippen molar-refractivity contribution >= 4 is 52.2 Å². The summed E-state index contributed by atoms with van der Waals surface area (Å²) in [6.07, 6.45) is 0. The Hall–Kier alpha value is -1.49. The predicted octanol–water partition coefficient (Wildman–Crippen LogP) is 4.64. The van der Waals surface area contributed by atoms with Crippen molar-refractivity contribution < 1.29 is 4.79 Å². The first-order valence-electron chi connectivity index (χ1n) is 6.04. The van der Waals surface area contributed by atoms with Crippen LogP contribution in [0.5, 0.6) is 0 Å². The van der Waals surface area contributed by atoms with Crippen LogP contribution in [0, 0.1) is 6.92 Å². The lowest BCUT2D eigenvalue weighted by Gasteiger charge is -2.12. The van der Waals surface area contributed by atoms with Gasteiger partial charge in [-0.3, -0.25) is 4.79 Å². The average Bonchev–Trinajstić information content (AvgIpc) is 2.48. The summed E-state index contributed by atoms with van der Waals surface area (Å²) in [5.41, 5.74) is 1.24. The van der Waals surface area contributed by atoms with Crippen LogP contribution in [0.1, 0.15) is 16.1 Å². The number of anilines is 2. The molecule has 21 heavy (non-hydrogen) atoms. The lowest BCUT2D eigenvalue weighted by Crippen LogP contribution is -2.16. The second kappa shape index (κ2) is 6.52. The van der Waals surface area contributed by atoms with E-state index in [1.54, 1.807) is 31.3 Å². The molecule has 0 aliphatic rings. The number of hydrogen-bond donors (Lipinski definition) is 2. The third-order valence-corrected chi connectivity index (χ3v) is 3.95. The summed E-state index contributed by atoms with van der Waals surface area (Å²) in [6, 6.07) is 6.70. The Kier molecular flexibility index (Phi) is 4.93. The fourth-order valence-corrected chi connectivity index (χ4v) is 2.34. The molecule has 0 aliphatic heterocycles. The first kappa shape index (κ1) is 15.9. The molecule has 1 amide bonds. The molecule has 4 nitrogen and oxygen atoms in total. The fourth-order valence-electron chi connectivity index (χ4n) is 1.68. The highest BCUT2D eigenvalue weighted by atomic mass is 35.5. The third-order valence-electron chi connectivity index (χ3n) is 2.84. The smallest absolute Gasteiger partial charge is 0.275 e. The van der Waals surface area contributed by atoms with Crippen molar-refractivity contribution in [2.75, 3.05) is 17.7 Å². The molecule has 1 heterocycles. The minimum atomic E-state index is -0.480. The van der Waals surface area contributed by atoms with Crippen LogP contribution in [0.25, 0.3) is 0 Å². The van der Waals surface area contributed by atoms with E-state index in [1.165, 1.54) is 0 Å². The number of nitrogens with zero attached hydrogens (tertiary/aromatic N) is 1. The Bertz CT molecular complexity index is 704. The topological polar surface area (TPSA) is 54.0 Å². The van der Waals surface area contributed by atoms with Crippen molar-refractivity contribution in [2.24, 2.45) is 0 Å². The van der Waals surface area contributed by atoms with Gasteiger partial charge >= 0.3 is 0 Å². The average molecular weight is 345 g/mol. The fraction of sp³-hybridized carbons (Fsp3) is 0.143. The SMILES string of the molecule is CNc1ccc(Cl)c(C(=O)Nc2c(Cl)ccc(C)c2Cl)n1. The third kappa shape index (κ3) is 3.40. The lowest BCUT2D eigenvalue weighted by atomic mass is 10.2. The van der Waals surface area contributed by atoms with Gasteiger partial charge in [0.25, 0.3) is 5.91 Å². The summed E-state index contributed by atoms with van der Waals surface area (Å²) >= 11 is 18.2. The number of nitrogens with one attached hydrogen (secondary N) is 2. The maximum atomic E-state index is 12.3. The Labute approximate surface area is 137 Å². The van der Waals surface area contributed by atoms with Crippen LogP contribution in [-0.4, -0.2) is 17.9 Å². The van der Waals surface area contributed by atoms with E-state index in [-0.39, 0.29) is 10.7 Å². The Balaban J connectivity index is 2.37. The zero-order valence-electron chi connectivity index (χ0n) is 11.3. The first-order chi connectivity index (χ1) is 9.93. The number of halogens is 3. The van der Waals surface area contributed by atoms with Crippen LogP contribution in [0.4, 0.5) is 11.5 Å². The van der Waals surface area contributed by atoms with Crippen molar-refractivity contribution in [1.29, 1.82) is 0 Å². The van der Waals surface area contributed by atoms with Gasteiger partial charge in [-0.2, -0.15) is 0 Å². The minimum absolute atomic E-state index is 0.0946. The van der Waals surface area contributed by atoms with Gasteiger partial charge in [0.05, 0.1) is 20.8 Å². The zero-order valence-corrected chi connectivity index (χ0v) is 13.6. The molecule has 0 bridgehead atoms. The quantitative estimate of drug-likeness (QED) is 0.852. The molecule has 1 aromatic carbocycles. The molecular weight excluding hydrogens is 333 g/mol. The van der Waals surface area contributed by atoms with Crippen molar-refractivity contribution in [3.05, 3.63) is 50.6 Å². The summed E-state index contributed by atoms with van der Waals surface area (Å²) in [5, 5.41) is 6.47. The molecule has 0 saturated carbocycles. The highest BCUT2D eigenvalue weighted by molar-refractivity contribution is 6.41. The standard InChI is InChI=1S/C14H12Cl3N3O/c1-7-3-4-8(15)12(11(7)17)20-14(21)13-9(16)5-6-10(18-2)19-13/h3-6H,1-2H3,(H,18,19)(H,20,21). The molecular formula is C14H12Cl3N3O. The second-order valence-corrected chi connectivity index (χ2v) is 5.48. The number of rotatable bonds is 3. The van der Waals surface area contributed by atoms with E-state index in [4.69, 9.17) is 34.8 Å². The maximum absolute atomic E-state index is 12.3. The van der Waals surface area contributed by atoms with Crippen LogP contribution < -0.4 is 10.6 Å². The molecule has 2 rings (SSSR count). The van der Waals surface area contributed by atoms with E-state index in [2.05, 4.69) is 15.6 Å². The van der Waals surface area contributed by atoms with Gasteiger partial charge in [0.1, 0.15) is 11.5 Å². The van der Waals surface area contributed by atoms with Crippen LogP contribution in [0.3, 0.4) is 0 Å². The van der Waals surface area contributed by atoms with Crippen molar-refractivity contribution in [1.82, 2.24) is 4.98 Å². The molecule has 0 atom stereocenters. The van der Waals surface area contributed by atoms with E-state index in [0.29, 0.717) is 21.6 Å². The summed E-state index contributed by atoms with van der Waals surface area (Å²) in [4.78, 5) is 16.4. The molecule has 0 radical (unpaired) electrons. The largest absolute Gasteiger partial charge is 0.373 e. The number of aromatic nitrogens is 1. The van der Waals surface area contributed by atoms with Gasteiger partial charge in [-0.25, -0.2) is 4.98 Å². The van der Waals surface area contributed by atoms with Crippen LogP contribution >= 0.6 is 34.8 Å². The van der Waals surface area contributed by atoms with Crippen LogP contribution in [0.15, 0.2) is 24.3 Å². The molecule has 1 aromatic heterocycles. The normalized spacial score (nSPS) is 10.3. The van der Waals surface area contributed by atoms with Crippen molar-refractivity contribution in [3.8, 4) is 0 Å². The van der Waals surface area contributed by atoms with E-state index < -0.39 is 5.91 Å². The first-order valence-corrected chi connectivity index (χ1v) is 7.17. The predicted molar refractivity (Wildman–Crippen MR) is 87.9 cm³/mol. The minimum Gasteiger partial charge on any atom is -0.373 e. The molecule has 0 aliphatic carbocycles. The number of pyridine rings is 1. The number of hydrogen-bond acceptors (Lipinski definition) is 3. The van der Waals surface area contributed by atoms with Crippen molar-refractivity contribution in [3.63, 3.8) is 0 Å². The number of carbonyl (C=O) groups is 1. The molecule has 2 aromatic rings. The number of carbonyl (C=O) groups excluding carboxylic acids is 1. The highest BCUT2D eigenvalue weighted by Crippen LogP contribution is 2.33. The molecule has 0 saturated heterocycles. The molecule has 2 N–H and O–H groups in total. The molecule has 110 valence electrons. The van der Waals surface area contributed by atoms with Gasteiger partial charge in [0.2, 0.25) is 0 Å².